The molecule has 1 aromatic heterocycles. The third-order valence-corrected chi connectivity index (χ3v) is 7.52. The first-order chi connectivity index (χ1) is 12.9. The van der Waals surface area contributed by atoms with Crippen LogP contribution in [0.5, 0.6) is 0 Å². The monoisotopic (exact) mass is 413 g/mol. The van der Waals surface area contributed by atoms with Crippen LogP contribution in [0.2, 0.25) is 5.02 Å². The van der Waals surface area contributed by atoms with Gasteiger partial charge in [-0.3, -0.25) is 4.90 Å². The van der Waals surface area contributed by atoms with Crippen LogP contribution >= 0.6 is 11.6 Å². The second-order valence-electron chi connectivity index (χ2n) is 6.91. The van der Waals surface area contributed by atoms with Crippen LogP contribution in [0.1, 0.15) is 5.82 Å². The molecule has 2 aliphatic rings. The molecule has 10 heteroatoms. The Balaban J connectivity index is 1.40. The molecule has 8 nitrogen and oxygen atoms in total. The van der Waals surface area contributed by atoms with Crippen LogP contribution in [0.15, 0.2) is 18.2 Å². The molecule has 2 aromatic rings. The molecule has 0 spiro atoms. The van der Waals surface area contributed by atoms with Crippen LogP contribution in [-0.4, -0.2) is 84.0 Å². The first-order valence-electron chi connectivity index (χ1n) is 9.11. The highest BCUT2D eigenvalue weighted by Crippen LogP contribution is 2.21. The molecule has 3 heterocycles. The molecule has 0 N–H and O–H groups in total. The lowest BCUT2D eigenvalue weighted by atomic mass is 10.3. The first-order valence-corrected chi connectivity index (χ1v) is 10.9. The number of fused-ring (bicyclic) bond motifs is 1. The van der Waals surface area contributed by atoms with Crippen LogP contribution in [0, 0.1) is 0 Å². The number of halogens is 1. The fourth-order valence-corrected chi connectivity index (χ4v) is 5.35. The second kappa shape index (κ2) is 7.65. The summed E-state index contributed by atoms with van der Waals surface area (Å²) in [6, 6.07) is 5.71. The quantitative estimate of drug-likeness (QED) is 0.745. The van der Waals surface area contributed by atoms with Gasteiger partial charge in [-0.2, -0.15) is 17.0 Å². The maximum atomic E-state index is 12.8. The predicted octanol–water partition coefficient (Wildman–Crippen LogP) is 0.921. The molecule has 27 heavy (non-hydrogen) atoms. The van der Waals surface area contributed by atoms with E-state index in [0.717, 1.165) is 16.9 Å². The Kier molecular flexibility index (Phi) is 5.41. The molecule has 0 aliphatic carbocycles. The normalized spacial score (nSPS) is 21.1. The van der Waals surface area contributed by atoms with E-state index in [0.29, 0.717) is 64.0 Å². The lowest BCUT2D eigenvalue weighted by Gasteiger charge is -2.37. The molecule has 0 radical (unpaired) electrons. The minimum atomic E-state index is -3.39. The van der Waals surface area contributed by atoms with Gasteiger partial charge in [0, 0.05) is 51.3 Å². The van der Waals surface area contributed by atoms with Crippen molar-refractivity contribution in [3.63, 3.8) is 0 Å². The summed E-state index contributed by atoms with van der Waals surface area (Å²) in [5.74, 6) is 0.955. The summed E-state index contributed by atoms with van der Waals surface area (Å²) in [5, 5.41) is 0.675. The standard InChI is InChI=1S/C17H24ClN5O3S/c1-20-16-3-2-14(18)12-15(16)19-17(20)13-21-4-6-22(7-5-21)27(24,25)23-8-10-26-11-9-23/h2-3,12H,4-11,13H2,1H3. The maximum absolute atomic E-state index is 12.8. The van der Waals surface area contributed by atoms with Gasteiger partial charge in [0.15, 0.2) is 0 Å². The second-order valence-corrected chi connectivity index (χ2v) is 9.28. The highest BCUT2D eigenvalue weighted by atomic mass is 35.5. The van der Waals surface area contributed by atoms with Crippen LogP contribution in [-0.2, 0) is 28.5 Å². The third-order valence-electron chi connectivity index (χ3n) is 5.25. The van der Waals surface area contributed by atoms with Crippen LogP contribution in [0.25, 0.3) is 11.0 Å². The maximum Gasteiger partial charge on any atom is 0.282 e. The smallest absolute Gasteiger partial charge is 0.282 e. The molecule has 0 amide bonds. The molecule has 0 unspecified atom stereocenters. The first kappa shape index (κ1) is 19.1. The minimum Gasteiger partial charge on any atom is -0.379 e. The number of piperazine rings is 1. The Hall–Kier alpha value is -1.23. The van der Waals surface area contributed by atoms with Gasteiger partial charge in [0.25, 0.3) is 10.2 Å². The zero-order chi connectivity index (χ0) is 19.0. The van der Waals surface area contributed by atoms with Gasteiger partial charge in [-0.1, -0.05) is 11.6 Å². The van der Waals surface area contributed by atoms with Gasteiger partial charge in [0.05, 0.1) is 30.8 Å². The number of hydrogen-bond acceptors (Lipinski definition) is 5. The Morgan fingerprint density at radius 1 is 1.07 bits per heavy atom. The number of benzene rings is 1. The number of rotatable bonds is 4. The number of aryl methyl sites for hydroxylation is 1. The summed E-state index contributed by atoms with van der Waals surface area (Å²) in [6.45, 7) is 4.86. The SMILES string of the molecule is Cn1c(CN2CCN(S(=O)(=O)N3CCOCC3)CC2)nc2cc(Cl)ccc21. The summed E-state index contributed by atoms with van der Waals surface area (Å²) in [6.07, 6.45) is 0. The van der Waals surface area contributed by atoms with E-state index < -0.39 is 10.2 Å². The molecule has 2 aliphatic heterocycles. The largest absolute Gasteiger partial charge is 0.379 e. The van der Waals surface area contributed by atoms with Crippen molar-refractivity contribution in [3.05, 3.63) is 29.0 Å². The number of morpholine rings is 1. The molecular weight excluding hydrogens is 390 g/mol. The Morgan fingerprint density at radius 3 is 2.44 bits per heavy atom. The van der Waals surface area contributed by atoms with Gasteiger partial charge in [0.2, 0.25) is 0 Å². The molecule has 2 fully saturated rings. The summed E-state index contributed by atoms with van der Waals surface area (Å²) in [7, 11) is -1.39. The van der Waals surface area contributed by atoms with Crippen molar-refractivity contribution in [2.75, 3.05) is 52.5 Å². The molecule has 2 saturated heterocycles. The lowest BCUT2D eigenvalue weighted by molar-refractivity contribution is 0.0683. The molecule has 1 aromatic carbocycles. The number of ether oxygens (including phenoxy) is 1. The predicted molar refractivity (Wildman–Crippen MR) is 104 cm³/mol. The zero-order valence-corrected chi connectivity index (χ0v) is 16.9. The third kappa shape index (κ3) is 3.85. The van der Waals surface area contributed by atoms with Crippen LogP contribution in [0.4, 0.5) is 0 Å². The van der Waals surface area contributed by atoms with Crippen molar-refractivity contribution in [2.24, 2.45) is 7.05 Å². The van der Waals surface area contributed by atoms with Crippen molar-refractivity contribution in [3.8, 4) is 0 Å². The van der Waals surface area contributed by atoms with Crippen LogP contribution in [0.3, 0.4) is 0 Å². The number of imidazole rings is 1. The van der Waals surface area contributed by atoms with E-state index in [1.54, 1.807) is 4.31 Å². The van der Waals surface area contributed by atoms with Gasteiger partial charge < -0.3 is 9.30 Å². The number of nitrogens with zero attached hydrogens (tertiary/aromatic N) is 5. The van der Waals surface area contributed by atoms with E-state index in [1.807, 2.05) is 25.2 Å². The van der Waals surface area contributed by atoms with Crippen molar-refractivity contribution < 1.29 is 13.2 Å². The fraction of sp³-hybridized carbons (Fsp3) is 0.588. The van der Waals surface area contributed by atoms with E-state index in [9.17, 15) is 8.42 Å². The van der Waals surface area contributed by atoms with Gasteiger partial charge in [0.1, 0.15) is 5.82 Å². The molecule has 0 saturated carbocycles. The number of aromatic nitrogens is 2. The van der Waals surface area contributed by atoms with Gasteiger partial charge in [-0.25, -0.2) is 4.98 Å². The van der Waals surface area contributed by atoms with E-state index in [2.05, 4.69) is 9.47 Å². The Morgan fingerprint density at radius 2 is 1.74 bits per heavy atom. The Bertz CT molecular complexity index is 918. The fourth-order valence-electron chi connectivity index (χ4n) is 3.62. The summed E-state index contributed by atoms with van der Waals surface area (Å²) < 4.78 is 36.0. The van der Waals surface area contributed by atoms with E-state index in [1.165, 1.54) is 4.31 Å². The summed E-state index contributed by atoms with van der Waals surface area (Å²) >= 11 is 6.06. The van der Waals surface area contributed by atoms with Crippen molar-refractivity contribution in [1.82, 2.24) is 23.1 Å². The van der Waals surface area contributed by atoms with Crippen molar-refractivity contribution >= 4 is 32.8 Å². The van der Waals surface area contributed by atoms with Crippen molar-refractivity contribution in [1.29, 1.82) is 0 Å². The van der Waals surface area contributed by atoms with Gasteiger partial charge in [-0.15, -0.1) is 0 Å². The molecule has 4 rings (SSSR count). The highest BCUT2D eigenvalue weighted by molar-refractivity contribution is 7.86. The van der Waals surface area contributed by atoms with Crippen LogP contribution < -0.4 is 0 Å². The van der Waals surface area contributed by atoms with Gasteiger partial charge >= 0.3 is 0 Å². The highest BCUT2D eigenvalue weighted by Gasteiger charge is 2.33. The van der Waals surface area contributed by atoms with Gasteiger partial charge in [-0.05, 0) is 18.2 Å². The zero-order valence-electron chi connectivity index (χ0n) is 15.3. The molecule has 0 bridgehead atoms. The van der Waals surface area contributed by atoms with E-state index in [4.69, 9.17) is 21.3 Å². The molecule has 0 atom stereocenters. The Labute approximate surface area is 164 Å². The number of hydrogen-bond donors (Lipinski definition) is 0. The minimum absolute atomic E-state index is 0.435. The van der Waals surface area contributed by atoms with Crippen molar-refractivity contribution in [2.45, 2.75) is 6.54 Å². The summed E-state index contributed by atoms with van der Waals surface area (Å²) in [5.41, 5.74) is 1.93. The van der Waals surface area contributed by atoms with E-state index >= 15 is 0 Å². The lowest BCUT2D eigenvalue weighted by Crippen LogP contribution is -2.54. The molecular formula is C17H24ClN5O3S. The summed E-state index contributed by atoms with van der Waals surface area (Å²) in [4.78, 5) is 6.94. The topological polar surface area (TPSA) is 70.9 Å². The average Bonchev–Trinajstić information content (AvgIpc) is 2.97. The molecule has 148 valence electrons. The average molecular weight is 414 g/mol. The van der Waals surface area contributed by atoms with E-state index in [-0.39, 0.29) is 0 Å².